The first-order chi connectivity index (χ1) is 12.8. The van der Waals surface area contributed by atoms with E-state index in [1.165, 1.54) is 22.9 Å². The number of rotatable bonds is 4. The molecule has 0 amide bonds. The van der Waals surface area contributed by atoms with Crippen molar-refractivity contribution in [2.24, 2.45) is 10.2 Å². The molecule has 3 aromatic rings. The number of benzene rings is 2. The Hall–Kier alpha value is -3.68. The fraction of sp³-hybridized carbons (Fsp3) is 0.158. The first-order valence-corrected chi connectivity index (χ1v) is 8.12. The number of aromatic hydroxyl groups is 2. The van der Waals surface area contributed by atoms with Gasteiger partial charge in [0.05, 0.1) is 16.9 Å². The average Bonchev–Trinajstić information content (AvgIpc) is 2.90. The van der Waals surface area contributed by atoms with E-state index in [4.69, 9.17) is 5.11 Å². The van der Waals surface area contributed by atoms with Crippen molar-refractivity contribution in [1.29, 1.82) is 0 Å². The van der Waals surface area contributed by atoms with Crippen molar-refractivity contribution in [2.45, 2.75) is 20.8 Å². The molecule has 0 saturated heterocycles. The quantitative estimate of drug-likeness (QED) is 0.594. The minimum Gasteiger partial charge on any atom is -0.506 e. The molecule has 3 N–H and O–H groups in total. The molecular formula is C19H18N4O4. The third-order valence-corrected chi connectivity index (χ3v) is 4.22. The molecule has 8 nitrogen and oxygen atoms in total. The first kappa shape index (κ1) is 18.1. The number of aromatic nitrogens is 2. The summed E-state index contributed by atoms with van der Waals surface area (Å²) in [4.78, 5) is 11.1. The molecule has 3 rings (SSSR count). The van der Waals surface area contributed by atoms with Crippen LogP contribution in [0.25, 0.3) is 5.69 Å². The molecule has 0 bridgehead atoms. The molecule has 0 aliphatic rings. The lowest BCUT2D eigenvalue weighted by atomic mass is 10.1. The third kappa shape index (κ3) is 3.50. The predicted molar refractivity (Wildman–Crippen MR) is 98.7 cm³/mol. The Balaban J connectivity index is 2.00. The van der Waals surface area contributed by atoms with Crippen LogP contribution in [0.1, 0.15) is 27.2 Å². The maximum atomic E-state index is 11.1. The Morgan fingerprint density at radius 3 is 2.41 bits per heavy atom. The number of hydrogen-bond acceptors (Lipinski definition) is 6. The van der Waals surface area contributed by atoms with Crippen molar-refractivity contribution in [3.8, 4) is 17.3 Å². The van der Waals surface area contributed by atoms with E-state index >= 15 is 0 Å². The van der Waals surface area contributed by atoms with E-state index in [2.05, 4.69) is 15.3 Å². The Bertz CT molecular complexity index is 1070. The van der Waals surface area contributed by atoms with Gasteiger partial charge in [0.15, 0.2) is 5.69 Å². The van der Waals surface area contributed by atoms with Crippen LogP contribution >= 0.6 is 0 Å². The van der Waals surface area contributed by atoms with E-state index in [1.807, 2.05) is 32.0 Å². The van der Waals surface area contributed by atoms with Gasteiger partial charge in [-0.3, -0.25) is 0 Å². The maximum absolute atomic E-state index is 11.1. The van der Waals surface area contributed by atoms with Gasteiger partial charge in [0.2, 0.25) is 5.88 Å². The minimum atomic E-state index is -1.15. The summed E-state index contributed by atoms with van der Waals surface area (Å²) in [5.74, 6) is -1.57. The molecule has 0 saturated carbocycles. The molecule has 1 aromatic heterocycles. The van der Waals surface area contributed by atoms with Crippen LogP contribution < -0.4 is 0 Å². The SMILES string of the molecule is Cc1ccc(-n2nc(C)c(N=Nc3cc(C(=O)O)ccc3O)c2O)cc1C. The van der Waals surface area contributed by atoms with Crippen molar-refractivity contribution in [1.82, 2.24) is 9.78 Å². The smallest absolute Gasteiger partial charge is 0.335 e. The molecule has 0 aliphatic carbocycles. The number of aromatic carboxylic acids is 1. The van der Waals surface area contributed by atoms with Gasteiger partial charge in [-0.05, 0) is 62.2 Å². The highest BCUT2D eigenvalue weighted by atomic mass is 16.4. The number of nitrogens with zero attached hydrogens (tertiary/aromatic N) is 4. The number of aryl methyl sites for hydroxylation is 3. The van der Waals surface area contributed by atoms with Crippen LogP contribution in [0.5, 0.6) is 11.6 Å². The molecule has 0 aliphatic heterocycles. The largest absolute Gasteiger partial charge is 0.506 e. The molecule has 1 heterocycles. The van der Waals surface area contributed by atoms with Crippen LogP contribution in [-0.2, 0) is 0 Å². The lowest BCUT2D eigenvalue weighted by Gasteiger charge is -2.06. The van der Waals surface area contributed by atoms with Crippen molar-refractivity contribution >= 4 is 17.3 Å². The second-order valence-corrected chi connectivity index (χ2v) is 6.15. The zero-order chi connectivity index (χ0) is 19.7. The number of phenolic OH excluding ortho intramolecular Hbond substituents is 1. The van der Waals surface area contributed by atoms with Gasteiger partial charge < -0.3 is 15.3 Å². The van der Waals surface area contributed by atoms with Crippen LogP contribution in [0.3, 0.4) is 0 Å². The topological polar surface area (TPSA) is 120 Å². The van der Waals surface area contributed by atoms with Gasteiger partial charge in [-0.1, -0.05) is 6.07 Å². The van der Waals surface area contributed by atoms with Gasteiger partial charge in [0.25, 0.3) is 0 Å². The van der Waals surface area contributed by atoms with Gasteiger partial charge >= 0.3 is 5.97 Å². The Morgan fingerprint density at radius 2 is 1.74 bits per heavy atom. The molecule has 0 spiro atoms. The summed E-state index contributed by atoms with van der Waals surface area (Å²) < 4.78 is 1.35. The van der Waals surface area contributed by atoms with E-state index in [-0.39, 0.29) is 28.6 Å². The fourth-order valence-electron chi connectivity index (χ4n) is 2.50. The van der Waals surface area contributed by atoms with E-state index in [0.29, 0.717) is 11.4 Å². The van der Waals surface area contributed by atoms with Gasteiger partial charge in [-0.15, -0.1) is 10.2 Å². The van der Waals surface area contributed by atoms with Crippen LogP contribution in [0.4, 0.5) is 11.4 Å². The molecule has 138 valence electrons. The normalized spacial score (nSPS) is 11.2. The van der Waals surface area contributed by atoms with Gasteiger partial charge in [-0.2, -0.15) is 9.78 Å². The lowest BCUT2D eigenvalue weighted by molar-refractivity contribution is 0.0697. The number of azo groups is 1. The van der Waals surface area contributed by atoms with Crippen molar-refractivity contribution in [2.75, 3.05) is 0 Å². The number of hydrogen-bond donors (Lipinski definition) is 3. The summed E-state index contributed by atoms with van der Waals surface area (Å²) in [6.45, 7) is 5.62. The van der Waals surface area contributed by atoms with Crippen LogP contribution in [0.2, 0.25) is 0 Å². The van der Waals surface area contributed by atoms with Crippen LogP contribution in [0, 0.1) is 20.8 Å². The highest BCUT2D eigenvalue weighted by Gasteiger charge is 2.16. The zero-order valence-electron chi connectivity index (χ0n) is 15.0. The molecule has 2 aromatic carbocycles. The first-order valence-electron chi connectivity index (χ1n) is 8.12. The highest BCUT2D eigenvalue weighted by Crippen LogP contribution is 2.35. The number of carboxylic acid groups (broad SMARTS) is 1. The zero-order valence-corrected chi connectivity index (χ0v) is 15.0. The average molecular weight is 366 g/mol. The number of phenols is 1. The van der Waals surface area contributed by atoms with E-state index in [1.54, 1.807) is 6.92 Å². The molecular weight excluding hydrogens is 348 g/mol. The summed E-state index contributed by atoms with van der Waals surface area (Å²) in [6, 6.07) is 9.33. The molecule has 0 fully saturated rings. The highest BCUT2D eigenvalue weighted by molar-refractivity contribution is 5.89. The fourth-order valence-corrected chi connectivity index (χ4v) is 2.50. The minimum absolute atomic E-state index is 0.0207. The molecule has 0 unspecified atom stereocenters. The monoisotopic (exact) mass is 366 g/mol. The summed E-state index contributed by atoms with van der Waals surface area (Å²) in [6.07, 6.45) is 0. The second kappa shape index (κ2) is 6.91. The number of carbonyl (C=O) groups is 1. The summed E-state index contributed by atoms with van der Waals surface area (Å²) in [5.41, 5.74) is 3.36. The van der Waals surface area contributed by atoms with Crippen molar-refractivity contribution < 1.29 is 20.1 Å². The molecule has 8 heteroatoms. The predicted octanol–water partition coefficient (Wildman–Crippen LogP) is 4.32. The summed E-state index contributed by atoms with van der Waals surface area (Å²) >= 11 is 0. The summed E-state index contributed by atoms with van der Waals surface area (Å²) in [5, 5.41) is 41.5. The lowest BCUT2D eigenvalue weighted by Crippen LogP contribution is -1.97. The molecule has 27 heavy (non-hydrogen) atoms. The van der Waals surface area contributed by atoms with Gasteiger partial charge in [0, 0.05) is 0 Å². The van der Waals surface area contributed by atoms with E-state index < -0.39 is 5.97 Å². The molecule has 0 atom stereocenters. The van der Waals surface area contributed by atoms with Crippen LogP contribution in [0.15, 0.2) is 46.6 Å². The van der Waals surface area contributed by atoms with Gasteiger partial charge in [0.1, 0.15) is 11.4 Å². The van der Waals surface area contributed by atoms with E-state index in [0.717, 1.165) is 11.1 Å². The van der Waals surface area contributed by atoms with Crippen molar-refractivity contribution in [3.05, 3.63) is 58.8 Å². The third-order valence-electron chi connectivity index (χ3n) is 4.22. The number of carboxylic acids is 1. The Labute approximate surface area is 155 Å². The summed E-state index contributed by atoms with van der Waals surface area (Å²) in [7, 11) is 0. The Morgan fingerprint density at radius 1 is 1.00 bits per heavy atom. The second-order valence-electron chi connectivity index (χ2n) is 6.15. The van der Waals surface area contributed by atoms with Gasteiger partial charge in [-0.25, -0.2) is 4.79 Å². The Kier molecular flexibility index (Phi) is 4.64. The standard InChI is InChI=1S/C19H18N4O4/c1-10-4-6-14(8-11(10)2)23-18(25)17(12(3)22-23)21-20-15-9-13(19(26)27)5-7-16(15)24/h4-9,24-25H,1-3H3,(H,26,27). The maximum Gasteiger partial charge on any atom is 0.335 e. The van der Waals surface area contributed by atoms with Crippen LogP contribution in [-0.4, -0.2) is 31.1 Å². The van der Waals surface area contributed by atoms with Crippen molar-refractivity contribution in [3.63, 3.8) is 0 Å². The molecule has 0 radical (unpaired) electrons. The van der Waals surface area contributed by atoms with E-state index in [9.17, 15) is 15.0 Å².